The van der Waals surface area contributed by atoms with E-state index < -0.39 is 0 Å². The molecule has 5 rings (SSSR count). The Morgan fingerprint density at radius 3 is 2.53 bits per heavy atom. The zero-order valence-corrected chi connectivity index (χ0v) is 23.0. The predicted molar refractivity (Wildman–Crippen MR) is 155 cm³/mol. The number of nitrogens with zero attached hydrogens (tertiary/aromatic N) is 3. The molecule has 1 saturated heterocycles. The number of hydrogen-bond donors (Lipinski definition) is 2. The molecule has 0 bridgehead atoms. The van der Waals surface area contributed by atoms with Crippen molar-refractivity contribution >= 4 is 34.6 Å². The summed E-state index contributed by atoms with van der Waals surface area (Å²) in [4.78, 5) is 18.7. The molecular weight excluding hydrogens is 494 g/mol. The maximum Gasteiger partial charge on any atom is 0.221 e. The fraction of sp³-hybridized carbons (Fsp3) is 0.233. The molecule has 2 N–H and O–H groups in total. The normalized spacial score (nSPS) is 16.9. The second-order valence-corrected chi connectivity index (χ2v) is 9.95. The monoisotopic (exact) mass is 525 g/mol. The average molecular weight is 526 g/mol. The number of amides is 1. The van der Waals surface area contributed by atoms with E-state index in [0.717, 1.165) is 34.0 Å². The van der Waals surface area contributed by atoms with Gasteiger partial charge in [-0.1, -0.05) is 18.2 Å². The van der Waals surface area contributed by atoms with Gasteiger partial charge in [-0.15, -0.1) is 0 Å². The Morgan fingerprint density at radius 2 is 1.84 bits per heavy atom. The third-order valence-corrected chi connectivity index (χ3v) is 7.23. The van der Waals surface area contributed by atoms with E-state index in [0.29, 0.717) is 16.5 Å². The van der Waals surface area contributed by atoms with Gasteiger partial charge in [0, 0.05) is 35.9 Å². The van der Waals surface area contributed by atoms with Crippen LogP contribution < -0.4 is 20.3 Å². The highest BCUT2D eigenvalue weighted by Crippen LogP contribution is 2.45. The predicted octanol–water partition coefficient (Wildman–Crippen LogP) is 5.94. The van der Waals surface area contributed by atoms with E-state index >= 15 is 0 Å². The van der Waals surface area contributed by atoms with Crippen LogP contribution in [0.3, 0.4) is 0 Å². The highest BCUT2D eigenvalue weighted by atomic mass is 32.1. The molecule has 2 aromatic carbocycles. The lowest BCUT2D eigenvalue weighted by molar-refractivity contribution is -0.114. The summed E-state index contributed by atoms with van der Waals surface area (Å²) in [5, 5.41) is 7.00. The van der Waals surface area contributed by atoms with E-state index in [4.69, 9.17) is 17.0 Å². The van der Waals surface area contributed by atoms with Gasteiger partial charge in [-0.25, -0.2) is 0 Å². The Balaban J connectivity index is 1.68. The molecule has 3 heterocycles. The molecule has 2 aromatic heterocycles. The molecule has 0 saturated carbocycles. The van der Waals surface area contributed by atoms with E-state index in [1.807, 2.05) is 36.4 Å². The van der Waals surface area contributed by atoms with Crippen LogP contribution in [0.1, 0.15) is 47.2 Å². The van der Waals surface area contributed by atoms with Crippen LogP contribution in [0, 0.1) is 20.8 Å². The van der Waals surface area contributed by atoms with Crippen molar-refractivity contribution in [3.05, 3.63) is 101 Å². The number of benzene rings is 2. The summed E-state index contributed by atoms with van der Waals surface area (Å²) in [5.41, 5.74) is 8.07. The van der Waals surface area contributed by atoms with Gasteiger partial charge < -0.3 is 24.8 Å². The summed E-state index contributed by atoms with van der Waals surface area (Å²) in [7, 11) is 1.59. The summed E-state index contributed by atoms with van der Waals surface area (Å²) in [6, 6.07) is 22.0. The highest BCUT2D eigenvalue weighted by molar-refractivity contribution is 7.80. The third-order valence-electron chi connectivity index (χ3n) is 6.92. The molecular formula is C30H31N5O2S. The fourth-order valence-corrected chi connectivity index (χ4v) is 5.68. The van der Waals surface area contributed by atoms with Crippen molar-refractivity contribution in [3.63, 3.8) is 0 Å². The second kappa shape index (κ2) is 10.3. The van der Waals surface area contributed by atoms with Crippen molar-refractivity contribution in [1.29, 1.82) is 0 Å². The number of thiocarbonyl (C=S) groups is 1. The SMILES string of the molecule is COc1ccc(N2C(=S)N[C@H](c3ccccn3)[C@@H]2c2cc(C)n(-c3cccc(C)c3)c2C)cc1NC(C)=O. The van der Waals surface area contributed by atoms with Gasteiger partial charge in [0.1, 0.15) is 5.75 Å². The minimum absolute atomic E-state index is 0.174. The van der Waals surface area contributed by atoms with Gasteiger partial charge in [0.2, 0.25) is 5.91 Å². The minimum atomic E-state index is -0.180. The van der Waals surface area contributed by atoms with E-state index in [1.165, 1.54) is 12.5 Å². The molecule has 2 atom stereocenters. The molecule has 194 valence electrons. The van der Waals surface area contributed by atoms with Crippen molar-refractivity contribution in [2.75, 3.05) is 17.3 Å². The summed E-state index contributed by atoms with van der Waals surface area (Å²) in [6.07, 6.45) is 1.80. The van der Waals surface area contributed by atoms with Gasteiger partial charge in [-0.05, 0) is 92.6 Å². The Labute approximate surface area is 228 Å². The minimum Gasteiger partial charge on any atom is -0.495 e. The number of pyridine rings is 1. The van der Waals surface area contributed by atoms with Crippen LogP contribution in [0.25, 0.3) is 5.69 Å². The number of ether oxygens (including phenoxy) is 1. The number of rotatable bonds is 6. The number of carbonyl (C=O) groups excluding carboxylic acids is 1. The Bertz CT molecular complexity index is 1510. The highest BCUT2D eigenvalue weighted by Gasteiger charge is 2.42. The Kier molecular flexibility index (Phi) is 6.91. The molecule has 0 aliphatic carbocycles. The second-order valence-electron chi connectivity index (χ2n) is 9.56. The molecule has 7 nitrogen and oxygen atoms in total. The lowest BCUT2D eigenvalue weighted by Crippen LogP contribution is -2.29. The van der Waals surface area contributed by atoms with Crippen molar-refractivity contribution in [2.45, 2.75) is 39.8 Å². The summed E-state index contributed by atoms with van der Waals surface area (Å²) in [5.74, 6) is 0.407. The van der Waals surface area contributed by atoms with Gasteiger partial charge >= 0.3 is 0 Å². The lowest BCUT2D eigenvalue weighted by atomic mass is 9.96. The standard InChI is InChI=1S/C30H31N5O2S/c1-18-9-8-10-22(15-18)34-19(2)16-24(20(34)3)29-28(25-11-6-7-14-31-25)33-30(38)35(29)23-12-13-27(37-5)26(17-23)32-21(4)36/h6-17,28-29H,1-5H3,(H,32,36)(H,33,38)/t28-,29+/m1/s1. The number of aryl methyl sites for hydroxylation is 2. The topological polar surface area (TPSA) is 71.4 Å². The first-order chi connectivity index (χ1) is 18.3. The molecule has 0 spiro atoms. The molecule has 0 unspecified atom stereocenters. The van der Waals surface area contributed by atoms with E-state index in [1.54, 1.807) is 13.3 Å². The number of nitrogens with one attached hydrogen (secondary N) is 2. The summed E-state index contributed by atoms with van der Waals surface area (Å²) < 4.78 is 7.78. The number of anilines is 2. The Hall–Kier alpha value is -4.17. The molecule has 1 fully saturated rings. The fourth-order valence-electron chi connectivity index (χ4n) is 5.33. The molecule has 1 aliphatic heterocycles. The molecule has 4 aromatic rings. The van der Waals surface area contributed by atoms with E-state index in [2.05, 4.69) is 76.2 Å². The van der Waals surface area contributed by atoms with E-state index in [-0.39, 0.29) is 18.0 Å². The van der Waals surface area contributed by atoms with Gasteiger partial charge in [0.25, 0.3) is 0 Å². The van der Waals surface area contributed by atoms with Crippen LogP contribution in [-0.4, -0.2) is 27.7 Å². The zero-order valence-electron chi connectivity index (χ0n) is 22.1. The largest absolute Gasteiger partial charge is 0.495 e. The van der Waals surface area contributed by atoms with Crippen LogP contribution in [0.4, 0.5) is 11.4 Å². The first-order valence-corrected chi connectivity index (χ1v) is 12.9. The van der Waals surface area contributed by atoms with Crippen molar-refractivity contribution in [1.82, 2.24) is 14.9 Å². The Morgan fingerprint density at radius 1 is 1.03 bits per heavy atom. The number of carbonyl (C=O) groups is 1. The van der Waals surface area contributed by atoms with Crippen molar-refractivity contribution in [3.8, 4) is 11.4 Å². The van der Waals surface area contributed by atoms with Gasteiger partial charge in [0.15, 0.2) is 5.11 Å². The number of hydrogen-bond acceptors (Lipinski definition) is 4. The van der Waals surface area contributed by atoms with Gasteiger partial charge in [0.05, 0.1) is 30.6 Å². The van der Waals surface area contributed by atoms with Crippen LogP contribution in [0.2, 0.25) is 0 Å². The first kappa shape index (κ1) is 25.5. The summed E-state index contributed by atoms with van der Waals surface area (Å²) >= 11 is 5.92. The van der Waals surface area contributed by atoms with E-state index in [9.17, 15) is 4.79 Å². The molecule has 8 heteroatoms. The number of methoxy groups -OCH3 is 1. The molecule has 1 aliphatic rings. The van der Waals surface area contributed by atoms with Crippen LogP contribution in [0.5, 0.6) is 5.75 Å². The van der Waals surface area contributed by atoms with Crippen LogP contribution in [-0.2, 0) is 4.79 Å². The lowest BCUT2D eigenvalue weighted by Gasteiger charge is -2.29. The maximum absolute atomic E-state index is 11.9. The average Bonchev–Trinajstić information content (AvgIpc) is 3.39. The molecule has 1 amide bonds. The van der Waals surface area contributed by atoms with Crippen LogP contribution in [0.15, 0.2) is 72.9 Å². The van der Waals surface area contributed by atoms with Crippen LogP contribution >= 0.6 is 12.2 Å². The first-order valence-electron chi connectivity index (χ1n) is 12.5. The van der Waals surface area contributed by atoms with Crippen molar-refractivity contribution < 1.29 is 9.53 Å². The van der Waals surface area contributed by atoms with Crippen molar-refractivity contribution in [2.24, 2.45) is 0 Å². The number of aromatic nitrogens is 2. The van der Waals surface area contributed by atoms with Gasteiger partial charge in [-0.3, -0.25) is 9.78 Å². The smallest absolute Gasteiger partial charge is 0.221 e. The zero-order chi connectivity index (χ0) is 27.0. The van der Waals surface area contributed by atoms with Gasteiger partial charge in [-0.2, -0.15) is 0 Å². The molecule has 0 radical (unpaired) electrons. The molecule has 38 heavy (non-hydrogen) atoms. The quantitative estimate of drug-likeness (QED) is 0.304. The maximum atomic E-state index is 11.9. The third kappa shape index (κ3) is 4.63. The summed E-state index contributed by atoms with van der Waals surface area (Å²) in [6.45, 7) is 7.86.